The number of alkyl halides is 2. The van der Waals surface area contributed by atoms with Crippen molar-refractivity contribution >= 4 is 34.9 Å². The van der Waals surface area contributed by atoms with Crippen LogP contribution in [0.15, 0.2) is 66.9 Å². The molecule has 1 aliphatic rings. The number of carbonyl (C=O) groups excluding carboxylic acids is 2. The molecule has 3 aromatic rings. The van der Waals surface area contributed by atoms with Crippen LogP contribution in [-0.2, 0) is 0 Å². The fourth-order valence-electron chi connectivity index (χ4n) is 3.75. The second-order valence-electron chi connectivity index (χ2n) is 7.92. The number of nitriles is 1. The van der Waals surface area contributed by atoms with Gasteiger partial charge < -0.3 is 25.2 Å². The van der Waals surface area contributed by atoms with Crippen LogP contribution < -0.4 is 25.6 Å². The Morgan fingerprint density at radius 1 is 0.946 bits per heavy atom. The lowest BCUT2D eigenvalue weighted by molar-refractivity contribution is -0.0493. The molecule has 1 aliphatic heterocycles. The third-order valence-corrected chi connectivity index (χ3v) is 5.56. The zero-order chi connectivity index (χ0) is 26.2. The Bertz CT molecular complexity index is 1290. The molecule has 2 heterocycles. The summed E-state index contributed by atoms with van der Waals surface area (Å²) >= 11 is 0. The average molecular weight is 508 g/mol. The first-order valence-corrected chi connectivity index (χ1v) is 11.3. The monoisotopic (exact) mass is 507 g/mol. The van der Waals surface area contributed by atoms with E-state index in [-0.39, 0.29) is 23.3 Å². The van der Waals surface area contributed by atoms with Gasteiger partial charge in [-0.2, -0.15) is 14.0 Å². The molecule has 190 valence electrons. The number of benzene rings is 2. The van der Waals surface area contributed by atoms with Crippen LogP contribution in [0.25, 0.3) is 0 Å². The number of halogens is 2. The molecule has 37 heavy (non-hydrogen) atoms. The average Bonchev–Trinajstić information content (AvgIpc) is 2.90. The first-order chi connectivity index (χ1) is 17.9. The Kier molecular flexibility index (Phi) is 7.95. The second kappa shape index (κ2) is 11.7. The molecule has 3 N–H and O–H groups in total. The summed E-state index contributed by atoms with van der Waals surface area (Å²) in [4.78, 5) is 32.7. The number of urea groups is 2. The summed E-state index contributed by atoms with van der Waals surface area (Å²) in [6.45, 7) is -0.872. The Morgan fingerprint density at radius 2 is 1.68 bits per heavy atom. The maximum absolute atomic E-state index is 12.6. The standard InChI is InChI=1S/C25H23F2N7O3/c26-23(27)37-21-6-2-1-5-20(21)31-24(35)30-18-7-9-19(10-8-18)33-12-14-34(15-13-33)25(36)32-22-17(16-28)4-3-11-29-22/h1-11,23H,12-15H2,(H,29,32,36)(H2,30,31,35). The van der Waals surface area contributed by atoms with E-state index in [9.17, 15) is 18.4 Å². The summed E-state index contributed by atoms with van der Waals surface area (Å²) < 4.78 is 29.5. The molecule has 0 saturated carbocycles. The van der Waals surface area contributed by atoms with Crippen LogP contribution in [-0.4, -0.2) is 54.7 Å². The number of rotatable bonds is 6. The highest BCUT2D eigenvalue weighted by molar-refractivity contribution is 6.00. The zero-order valence-corrected chi connectivity index (χ0v) is 19.5. The van der Waals surface area contributed by atoms with Crippen molar-refractivity contribution < 1.29 is 23.1 Å². The molecule has 0 unspecified atom stereocenters. The number of piperazine rings is 1. The summed E-state index contributed by atoms with van der Waals surface area (Å²) in [6.07, 6.45) is 1.51. The molecule has 12 heteroatoms. The fourth-order valence-corrected chi connectivity index (χ4v) is 3.75. The Hall–Kier alpha value is -4.92. The lowest BCUT2D eigenvalue weighted by atomic mass is 10.2. The van der Waals surface area contributed by atoms with Crippen LogP contribution in [0.1, 0.15) is 5.56 Å². The van der Waals surface area contributed by atoms with Crippen LogP contribution in [0.5, 0.6) is 5.75 Å². The number of hydrogen-bond acceptors (Lipinski definition) is 6. The predicted molar refractivity (Wildman–Crippen MR) is 134 cm³/mol. The molecule has 0 atom stereocenters. The van der Waals surface area contributed by atoms with Gasteiger partial charge in [-0.25, -0.2) is 14.6 Å². The molecule has 2 aromatic carbocycles. The highest BCUT2D eigenvalue weighted by Crippen LogP contribution is 2.26. The van der Waals surface area contributed by atoms with Gasteiger partial charge in [0, 0.05) is 43.8 Å². The van der Waals surface area contributed by atoms with Crippen molar-refractivity contribution in [3.05, 3.63) is 72.4 Å². The number of amides is 4. The minimum atomic E-state index is -3.01. The number of pyridine rings is 1. The number of hydrogen-bond donors (Lipinski definition) is 3. The van der Waals surface area contributed by atoms with Gasteiger partial charge in [0.25, 0.3) is 0 Å². The van der Waals surface area contributed by atoms with Crippen molar-refractivity contribution in [1.82, 2.24) is 9.88 Å². The number of anilines is 4. The van der Waals surface area contributed by atoms with Crippen molar-refractivity contribution in [3.8, 4) is 11.8 Å². The molecule has 10 nitrogen and oxygen atoms in total. The summed E-state index contributed by atoms with van der Waals surface area (Å²) in [6, 6.07) is 17.3. The normalized spacial score (nSPS) is 13.0. The Morgan fingerprint density at radius 3 is 2.38 bits per heavy atom. The van der Waals surface area contributed by atoms with Crippen LogP contribution >= 0.6 is 0 Å². The van der Waals surface area contributed by atoms with E-state index < -0.39 is 12.6 Å². The van der Waals surface area contributed by atoms with Gasteiger partial charge >= 0.3 is 18.7 Å². The third kappa shape index (κ3) is 6.61. The number of para-hydroxylation sites is 2. The molecule has 0 aliphatic carbocycles. The quantitative estimate of drug-likeness (QED) is 0.450. The fraction of sp³-hybridized carbons (Fsp3) is 0.200. The van der Waals surface area contributed by atoms with E-state index in [4.69, 9.17) is 5.26 Å². The lowest BCUT2D eigenvalue weighted by Gasteiger charge is -2.36. The van der Waals surface area contributed by atoms with Gasteiger partial charge in [-0.05, 0) is 48.5 Å². The molecule has 1 aromatic heterocycles. The number of nitrogens with zero attached hydrogens (tertiary/aromatic N) is 4. The molecule has 4 amide bonds. The Labute approximate surface area is 211 Å². The van der Waals surface area contributed by atoms with Crippen LogP contribution in [0, 0.1) is 11.3 Å². The third-order valence-electron chi connectivity index (χ3n) is 5.56. The van der Waals surface area contributed by atoms with Gasteiger partial charge in [-0.15, -0.1) is 0 Å². The van der Waals surface area contributed by atoms with Crippen LogP contribution in [0.4, 0.5) is 41.2 Å². The van der Waals surface area contributed by atoms with E-state index in [1.807, 2.05) is 18.2 Å². The molecule has 0 radical (unpaired) electrons. The first-order valence-electron chi connectivity index (χ1n) is 11.3. The highest BCUT2D eigenvalue weighted by Gasteiger charge is 2.22. The maximum Gasteiger partial charge on any atom is 0.387 e. The van der Waals surface area contributed by atoms with Gasteiger partial charge in [-0.1, -0.05) is 12.1 Å². The van der Waals surface area contributed by atoms with E-state index >= 15 is 0 Å². The molecular weight excluding hydrogens is 484 g/mol. The first kappa shape index (κ1) is 25.2. The van der Waals surface area contributed by atoms with E-state index in [0.29, 0.717) is 37.4 Å². The van der Waals surface area contributed by atoms with E-state index in [1.54, 1.807) is 35.2 Å². The molecule has 1 fully saturated rings. The van der Waals surface area contributed by atoms with Gasteiger partial charge in [0.2, 0.25) is 0 Å². The topological polar surface area (TPSA) is 123 Å². The molecule has 0 bridgehead atoms. The van der Waals surface area contributed by atoms with E-state index in [0.717, 1.165) is 5.69 Å². The number of ether oxygens (including phenoxy) is 1. The zero-order valence-electron chi connectivity index (χ0n) is 19.5. The minimum absolute atomic E-state index is 0.116. The van der Waals surface area contributed by atoms with Crippen molar-refractivity contribution in [1.29, 1.82) is 5.26 Å². The number of aromatic nitrogens is 1. The Balaban J connectivity index is 1.28. The van der Waals surface area contributed by atoms with Gasteiger partial charge in [-0.3, -0.25) is 5.32 Å². The minimum Gasteiger partial charge on any atom is -0.433 e. The van der Waals surface area contributed by atoms with Gasteiger partial charge in [0.15, 0.2) is 5.82 Å². The molecule has 1 saturated heterocycles. The number of carbonyl (C=O) groups is 2. The molecular formula is C25H23F2N7O3. The smallest absolute Gasteiger partial charge is 0.387 e. The van der Waals surface area contributed by atoms with Crippen LogP contribution in [0.2, 0.25) is 0 Å². The maximum atomic E-state index is 12.6. The van der Waals surface area contributed by atoms with Crippen molar-refractivity contribution in [3.63, 3.8) is 0 Å². The van der Waals surface area contributed by atoms with Gasteiger partial charge in [0.1, 0.15) is 11.8 Å². The SMILES string of the molecule is N#Cc1cccnc1NC(=O)N1CCN(c2ccc(NC(=O)Nc3ccccc3OC(F)F)cc2)CC1. The molecule has 0 spiro atoms. The van der Waals surface area contributed by atoms with Crippen molar-refractivity contribution in [2.24, 2.45) is 0 Å². The van der Waals surface area contributed by atoms with E-state index in [1.165, 1.54) is 24.4 Å². The summed E-state index contributed by atoms with van der Waals surface area (Å²) in [5.74, 6) is 0.0935. The summed E-state index contributed by atoms with van der Waals surface area (Å²) in [5.41, 5.74) is 1.83. The van der Waals surface area contributed by atoms with Crippen LogP contribution in [0.3, 0.4) is 0 Å². The molecule has 4 rings (SSSR count). The highest BCUT2D eigenvalue weighted by atomic mass is 19.3. The van der Waals surface area contributed by atoms with Crippen molar-refractivity contribution in [2.75, 3.05) is 47.0 Å². The van der Waals surface area contributed by atoms with Gasteiger partial charge in [0.05, 0.1) is 11.3 Å². The summed E-state index contributed by atoms with van der Waals surface area (Å²) in [5, 5.41) is 17.0. The summed E-state index contributed by atoms with van der Waals surface area (Å²) in [7, 11) is 0. The van der Waals surface area contributed by atoms with Crippen molar-refractivity contribution in [2.45, 2.75) is 6.61 Å². The largest absolute Gasteiger partial charge is 0.433 e. The number of nitrogens with one attached hydrogen (secondary N) is 3. The predicted octanol–water partition coefficient (Wildman–Crippen LogP) is 4.55. The lowest BCUT2D eigenvalue weighted by Crippen LogP contribution is -2.50. The van der Waals surface area contributed by atoms with E-state index in [2.05, 4.69) is 30.6 Å². The second-order valence-corrected chi connectivity index (χ2v) is 7.92.